The summed E-state index contributed by atoms with van der Waals surface area (Å²) in [6, 6.07) is -1.03. The molecule has 1 atom stereocenters. The lowest BCUT2D eigenvalue weighted by Gasteiger charge is -2.32. The van der Waals surface area contributed by atoms with Crippen molar-refractivity contribution in [3.05, 3.63) is 0 Å². The molecule has 0 saturated carbocycles. The van der Waals surface area contributed by atoms with Crippen LogP contribution in [0.25, 0.3) is 0 Å². The first kappa shape index (κ1) is 17.4. The van der Waals surface area contributed by atoms with E-state index in [1.54, 1.807) is 4.90 Å². The van der Waals surface area contributed by atoms with Crippen molar-refractivity contribution in [1.82, 2.24) is 10.2 Å². The van der Waals surface area contributed by atoms with Gasteiger partial charge in [-0.25, -0.2) is 4.79 Å². The predicted molar refractivity (Wildman–Crippen MR) is 75.2 cm³/mol. The molecule has 2 N–H and O–H groups in total. The van der Waals surface area contributed by atoms with E-state index in [4.69, 9.17) is 5.11 Å². The predicted octanol–water partition coefficient (Wildman–Crippen LogP) is -0.469. The van der Waals surface area contributed by atoms with E-state index in [9.17, 15) is 14.4 Å². The van der Waals surface area contributed by atoms with Crippen LogP contribution in [0, 0.1) is 11.8 Å². The summed E-state index contributed by atoms with van der Waals surface area (Å²) in [6.07, 6.45) is 1.12. The molecule has 7 nitrogen and oxygen atoms in total. The van der Waals surface area contributed by atoms with Crippen LogP contribution in [0.5, 0.6) is 0 Å². The van der Waals surface area contributed by atoms with Gasteiger partial charge in [-0.3, -0.25) is 9.59 Å². The highest BCUT2D eigenvalue weighted by Crippen LogP contribution is 2.19. The van der Waals surface area contributed by atoms with Crippen LogP contribution in [-0.2, 0) is 19.1 Å². The third-order valence-electron chi connectivity index (χ3n) is 3.66. The first-order valence-electron chi connectivity index (χ1n) is 7.18. The fraction of sp³-hybridized carbons (Fsp3) is 0.786. The number of aliphatic hydroxyl groups excluding tert-OH is 1. The van der Waals surface area contributed by atoms with Crippen LogP contribution >= 0.6 is 0 Å². The average molecular weight is 300 g/mol. The Kier molecular flexibility index (Phi) is 6.61. The fourth-order valence-electron chi connectivity index (χ4n) is 2.34. The molecule has 1 unspecified atom stereocenters. The van der Waals surface area contributed by atoms with E-state index < -0.39 is 18.6 Å². The number of hydrogen-bond acceptors (Lipinski definition) is 5. The molecule has 1 aliphatic rings. The van der Waals surface area contributed by atoms with Gasteiger partial charge in [0.25, 0.3) is 0 Å². The van der Waals surface area contributed by atoms with Crippen molar-refractivity contribution in [2.45, 2.75) is 32.7 Å². The van der Waals surface area contributed by atoms with Gasteiger partial charge in [0, 0.05) is 24.9 Å². The zero-order chi connectivity index (χ0) is 16.0. The van der Waals surface area contributed by atoms with Crippen LogP contribution < -0.4 is 5.32 Å². The van der Waals surface area contributed by atoms with Gasteiger partial charge < -0.3 is 20.1 Å². The summed E-state index contributed by atoms with van der Waals surface area (Å²) in [5.41, 5.74) is 0. The maximum absolute atomic E-state index is 12.1. The van der Waals surface area contributed by atoms with Gasteiger partial charge >= 0.3 is 5.97 Å². The second-order valence-electron chi connectivity index (χ2n) is 5.52. The molecule has 0 bridgehead atoms. The monoisotopic (exact) mass is 300 g/mol. The van der Waals surface area contributed by atoms with Crippen molar-refractivity contribution in [3.8, 4) is 0 Å². The molecule has 0 radical (unpaired) electrons. The molecule has 120 valence electrons. The number of methoxy groups -OCH3 is 1. The van der Waals surface area contributed by atoms with Crippen LogP contribution in [-0.4, -0.2) is 60.6 Å². The van der Waals surface area contributed by atoms with Crippen molar-refractivity contribution in [2.24, 2.45) is 11.8 Å². The number of amides is 2. The molecule has 1 heterocycles. The van der Waals surface area contributed by atoms with Crippen molar-refractivity contribution >= 4 is 17.8 Å². The molecule has 1 fully saturated rings. The minimum atomic E-state index is -1.03. The fourth-order valence-corrected chi connectivity index (χ4v) is 2.34. The van der Waals surface area contributed by atoms with E-state index >= 15 is 0 Å². The van der Waals surface area contributed by atoms with Crippen LogP contribution in [0.1, 0.15) is 26.7 Å². The Balaban J connectivity index is 2.48. The molecule has 7 heteroatoms. The van der Waals surface area contributed by atoms with Gasteiger partial charge in [0.05, 0.1) is 13.7 Å². The minimum Gasteiger partial charge on any atom is -0.467 e. The summed E-state index contributed by atoms with van der Waals surface area (Å²) in [5, 5.41) is 11.6. The Morgan fingerprint density at radius 2 is 1.86 bits per heavy atom. The summed E-state index contributed by atoms with van der Waals surface area (Å²) >= 11 is 0. The maximum atomic E-state index is 12.1. The second kappa shape index (κ2) is 7.97. The molecule has 1 saturated heterocycles. The van der Waals surface area contributed by atoms with Crippen LogP contribution in [0.15, 0.2) is 0 Å². The lowest BCUT2D eigenvalue weighted by molar-refractivity contribution is -0.147. The Labute approximate surface area is 124 Å². The lowest BCUT2D eigenvalue weighted by atomic mass is 9.95. The van der Waals surface area contributed by atoms with Crippen molar-refractivity contribution in [1.29, 1.82) is 0 Å². The molecule has 2 amide bonds. The Morgan fingerprint density at radius 3 is 2.29 bits per heavy atom. The highest BCUT2D eigenvalue weighted by Gasteiger charge is 2.30. The summed E-state index contributed by atoms with van der Waals surface area (Å²) in [5.74, 6) is -1.15. The number of piperidine rings is 1. The van der Waals surface area contributed by atoms with E-state index in [1.165, 1.54) is 7.11 Å². The third-order valence-corrected chi connectivity index (χ3v) is 3.66. The molecule has 0 aromatic carbocycles. The molecule has 21 heavy (non-hydrogen) atoms. The summed E-state index contributed by atoms with van der Waals surface area (Å²) in [7, 11) is 1.20. The van der Waals surface area contributed by atoms with Crippen molar-refractivity contribution in [3.63, 3.8) is 0 Å². The van der Waals surface area contributed by atoms with Gasteiger partial charge in [-0.1, -0.05) is 13.8 Å². The van der Waals surface area contributed by atoms with Crippen molar-refractivity contribution < 1.29 is 24.2 Å². The zero-order valence-electron chi connectivity index (χ0n) is 12.8. The maximum Gasteiger partial charge on any atom is 0.330 e. The summed E-state index contributed by atoms with van der Waals surface area (Å²) in [4.78, 5) is 37.0. The molecular formula is C14H24N2O5. The first-order valence-corrected chi connectivity index (χ1v) is 7.18. The minimum absolute atomic E-state index is 0.0477. The van der Waals surface area contributed by atoms with Crippen LogP contribution in [0.2, 0.25) is 0 Å². The number of carbonyl (C=O) groups excluding carboxylic acids is 3. The molecule has 0 spiro atoms. The molecule has 1 rings (SSSR count). The number of aliphatic hydroxyl groups is 1. The van der Waals surface area contributed by atoms with Crippen LogP contribution in [0.4, 0.5) is 0 Å². The van der Waals surface area contributed by atoms with E-state index in [1.807, 2.05) is 13.8 Å². The van der Waals surface area contributed by atoms with E-state index in [2.05, 4.69) is 10.1 Å². The zero-order valence-corrected chi connectivity index (χ0v) is 12.8. The van der Waals surface area contributed by atoms with Gasteiger partial charge in [-0.2, -0.15) is 0 Å². The second-order valence-corrected chi connectivity index (χ2v) is 5.52. The summed E-state index contributed by atoms with van der Waals surface area (Å²) < 4.78 is 4.50. The molecule has 0 aromatic rings. The van der Waals surface area contributed by atoms with Crippen LogP contribution in [0.3, 0.4) is 0 Å². The number of ether oxygens (including phenoxy) is 1. The molecule has 1 aliphatic heterocycles. The third kappa shape index (κ3) is 4.70. The number of nitrogens with one attached hydrogen (secondary N) is 1. The average Bonchev–Trinajstić information content (AvgIpc) is 2.50. The van der Waals surface area contributed by atoms with Gasteiger partial charge in [-0.05, 0) is 12.8 Å². The molecule has 0 aromatic heterocycles. The van der Waals surface area contributed by atoms with E-state index in [-0.39, 0.29) is 23.7 Å². The Bertz CT molecular complexity index is 389. The Hall–Kier alpha value is -1.63. The van der Waals surface area contributed by atoms with Crippen molar-refractivity contribution in [2.75, 3.05) is 26.8 Å². The normalized spacial score (nSPS) is 17.5. The van der Waals surface area contributed by atoms with Gasteiger partial charge in [0.15, 0.2) is 6.04 Å². The largest absolute Gasteiger partial charge is 0.467 e. The molecular weight excluding hydrogens is 276 g/mol. The quantitative estimate of drug-likeness (QED) is 0.669. The number of esters is 1. The number of hydrogen-bond donors (Lipinski definition) is 2. The van der Waals surface area contributed by atoms with Gasteiger partial charge in [0.1, 0.15) is 0 Å². The standard InChI is InChI=1S/C14H24N2O5/c1-9(2)13(19)16-6-4-10(5-7-16)12(18)15-11(8-17)14(20)21-3/h9-11,17H,4-8H2,1-3H3,(H,15,18). The number of rotatable bonds is 5. The first-order chi connectivity index (χ1) is 9.90. The van der Waals surface area contributed by atoms with E-state index in [0.717, 1.165) is 0 Å². The smallest absolute Gasteiger partial charge is 0.330 e. The molecule has 0 aliphatic carbocycles. The number of carbonyl (C=O) groups is 3. The highest BCUT2D eigenvalue weighted by molar-refractivity contribution is 5.86. The lowest BCUT2D eigenvalue weighted by Crippen LogP contribution is -2.49. The topological polar surface area (TPSA) is 95.9 Å². The van der Waals surface area contributed by atoms with Gasteiger partial charge in [-0.15, -0.1) is 0 Å². The highest BCUT2D eigenvalue weighted by atomic mass is 16.5. The van der Waals surface area contributed by atoms with Gasteiger partial charge in [0.2, 0.25) is 11.8 Å². The SMILES string of the molecule is COC(=O)C(CO)NC(=O)C1CCN(C(=O)C(C)C)CC1. The Morgan fingerprint density at radius 1 is 1.29 bits per heavy atom. The van der Waals surface area contributed by atoms with E-state index in [0.29, 0.717) is 25.9 Å². The number of likely N-dealkylation sites (tertiary alicyclic amines) is 1. The number of nitrogens with zero attached hydrogens (tertiary/aromatic N) is 1. The summed E-state index contributed by atoms with van der Waals surface area (Å²) in [6.45, 7) is 4.28.